The minimum absolute atomic E-state index is 0.0550. The Hall–Kier alpha value is -0.520. The molecule has 0 aliphatic heterocycles. The second-order valence-electron chi connectivity index (χ2n) is 3.82. The molecule has 5 heteroatoms. The number of thioether (sulfide) groups is 1. The summed E-state index contributed by atoms with van der Waals surface area (Å²) >= 11 is 4.79. The van der Waals surface area contributed by atoms with Crippen LogP contribution in [-0.4, -0.2) is 28.1 Å². The summed E-state index contributed by atoms with van der Waals surface area (Å²) in [4.78, 5) is 11.6. The number of aliphatic hydroxyl groups is 1. The number of aliphatic hydroxyl groups excluding tert-OH is 1. The van der Waals surface area contributed by atoms with Crippen molar-refractivity contribution in [2.75, 3.05) is 11.1 Å². The van der Waals surface area contributed by atoms with Crippen LogP contribution in [0.4, 0.5) is 5.69 Å². The number of anilines is 1. The average molecular weight is 318 g/mol. The molecule has 0 aliphatic carbocycles. The van der Waals surface area contributed by atoms with Gasteiger partial charge in [0, 0.05) is 15.4 Å². The molecule has 0 saturated heterocycles. The highest BCUT2D eigenvalue weighted by Gasteiger charge is 2.11. The van der Waals surface area contributed by atoms with E-state index in [1.54, 1.807) is 6.92 Å². The van der Waals surface area contributed by atoms with Gasteiger partial charge in [0.05, 0.1) is 11.9 Å². The molecule has 0 bridgehead atoms. The third-order valence-electron chi connectivity index (χ3n) is 2.27. The number of nitrogens with one attached hydrogen (secondary N) is 1. The Morgan fingerprint density at radius 3 is 2.82 bits per heavy atom. The standard InChI is InChI=1S/C12H16BrNO2S/c1-8(15)9(2)17-7-12(16)14-11-5-3-4-10(13)6-11/h3-6,8-9,15H,7H2,1-2H3,(H,14,16). The summed E-state index contributed by atoms with van der Waals surface area (Å²) in [6.07, 6.45) is -0.404. The number of carbonyl (C=O) groups excluding carboxylic acids is 1. The van der Waals surface area contributed by atoms with Crippen molar-refractivity contribution in [3.8, 4) is 0 Å². The average Bonchev–Trinajstić information content (AvgIpc) is 2.25. The first-order chi connectivity index (χ1) is 7.99. The fraction of sp³-hybridized carbons (Fsp3) is 0.417. The minimum atomic E-state index is -0.404. The Morgan fingerprint density at radius 2 is 2.24 bits per heavy atom. The van der Waals surface area contributed by atoms with Gasteiger partial charge in [0.2, 0.25) is 5.91 Å². The summed E-state index contributed by atoms with van der Waals surface area (Å²) in [6.45, 7) is 3.63. The number of hydrogen-bond acceptors (Lipinski definition) is 3. The molecule has 17 heavy (non-hydrogen) atoms. The van der Waals surface area contributed by atoms with Crippen LogP contribution in [0.15, 0.2) is 28.7 Å². The Labute approximate surface area is 114 Å². The van der Waals surface area contributed by atoms with Crippen LogP contribution in [0.2, 0.25) is 0 Å². The topological polar surface area (TPSA) is 49.3 Å². The molecule has 2 unspecified atom stereocenters. The molecule has 1 rings (SSSR count). The highest BCUT2D eigenvalue weighted by atomic mass is 79.9. The van der Waals surface area contributed by atoms with Crippen LogP contribution in [-0.2, 0) is 4.79 Å². The zero-order chi connectivity index (χ0) is 12.8. The van der Waals surface area contributed by atoms with Gasteiger partial charge in [-0.15, -0.1) is 11.8 Å². The number of benzene rings is 1. The maximum atomic E-state index is 11.6. The molecular weight excluding hydrogens is 302 g/mol. The molecule has 0 saturated carbocycles. The van der Waals surface area contributed by atoms with Gasteiger partial charge >= 0.3 is 0 Å². The summed E-state index contributed by atoms with van der Waals surface area (Å²) in [5, 5.41) is 12.2. The molecule has 1 amide bonds. The molecule has 2 atom stereocenters. The van der Waals surface area contributed by atoms with Crippen molar-refractivity contribution >= 4 is 39.3 Å². The molecule has 0 aromatic heterocycles. The van der Waals surface area contributed by atoms with E-state index in [1.807, 2.05) is 31.2 Å². The van der Waals surface area contributed by atoms with Crippen molar-refractivity contribution in [2.24, 2.45) is 0 Å². The van der Waals surface area contributed by atoms with Gasteiger partial charge in [-0.25, -0.2) is 0 Å². The first-order valence-electron chi connectivity index (χ1n) is 5.34. The van der Waals surface area contributed by atoms with Gasteiger partial charge in [-0.2, -0.15) is 0 Å². The molecule has 1 aromatic rings. The largest absolute Gasteiger partial charge is 0.392 e. The van der Waals surface area contributed by atoms with Gasteiger partial charge in [-0.05, 0) is 25.1 Å². The van der Waals surface area contributed by atoms with E-state index < -0.39 is 6.10 Å². The maximum absolute atomic E-state index is 11.6. The van der Waals surface area contributed by atoms with Crippen LogP contribution >= 0.6 is 27.7 Å². The lowest BCUT2D eigenvalue weighted by molar-refractivity contribution is -0.113. The normalized spacial score (nSPS) is 14.1. The quantitative estimate of drug-likeness (QED) is 0.878. The Morgan fingerprint density at radius 1 is 1.53 bits per heavy atom. The summed E-state index contributed by atoms with van der Waals surface area (Å²) in [5.74, 6) is 0.291. The van der Waals surface area contributed by atoms with E-state index in [-0.39, 0.29) is 11.2 Å². The van der Waals surface area contributed by atoms with Gasteiger partial charge in [-0.1, -0.05) is 28.9 Å². The zero-order valence-electron chi connectivity index (χ0n) is 9.81. The summed E-state index contributed by atoms with van der Waals surface area (Å²) < 4.78 is 0.931. The Kier molecular flexibility index (Phi) is 6.02. The zero-order valence-corrected chi connectivity index (χ0v) is 12.2. The number of amides is 1. The van der Waals surface area contributed by atoms with Crippen LogP contribution in [0, 0.1) is 0 Å². The number of carbonyl (C=O) groups is 1. The second-order valence-corrected chi connectivity index (χ2v) is 6.10. The van der Waals surface area contributed by atoms with Crippen LogP contribution in [0.25, 0.3) is 0 Å². The molecular formula is C12H16BrNO2S. The van der Waals surface area contributed by atoms with E-state index in [1.165, 1.54) is 11.8 Å². The highest BCUT2D eigenvalue weighted by molar-refractivity contribution is 9.10. The van der Waals surface area contributed by atoms with Gasteiger partial charge in [0.25, 0.3) is 0 Å². The summed E-state index contributed by atoms with van der Waals surface area (Å²) in [7, 11) is 0. The molecule has 0 fully saturated rings. The monoisotopic (exact) mass is 317 g/mol. The van der Waals surface area contributed by atoms with Crippen LogP contribution in [0.5, 0.6) is 0 Å². The number of rotatable bonds is 5. The molecule has 94 valence electrons. The van der Waals surface area contributed by atoms with E-state index >= 15 is 0 Å². The number of hydrogen-bond donors (Lipinski definition) is 2. The Balaban J connectivity index is 2.40. The van der Waals surface area contributed by atoms with Gasteiger partial charge in [0.15, 0.2) is 0 Å². The SMILES string of the molecule is CC(O)C(C)SCC(=O)Nc1cccc(Br)c1. The molecule has 0 aliphatic rings. The fourth-order valence-corrected chi connectivity index (χ4v) is 2.27. The molecule has 2 N–H and O–H groups in total. The van der Waals surface area contributed by atoms with Crippen molar-refractivity contribution in [2.45, 2.75) is 25.2 Å². The lowest BCUT2D eigenvalue weighted by Gasteiger charge is -2.13. The predicted molar refractivity (Wildman–Crippen MR) is 76.4 cm³/mol. The third kappa shape index (κ3) is 5.57. The maximum Gasteiger partial charge on any atom is 0.234 e. The van der Waals surface area contributed by atoms with Crippen molar-refractivity contribution in [1.82, 2.24) is 0 Å². The lowest BCUT2D eigenvalue weighted by Crippen LogP contribution is -2.20. The van der Waals surface area contributed by atoms with E-state index in [4.69, 9.17) is 0 Å². The number of halogens is 1. The smallest absolute Gasteiger partial charge is 0.234 e. The van der Waals surface area contributed by atoms with Crippen molar-refractivity contribution < 1.29 is 9.90 Å². The van der Waals surface area contributed by atoms with Crippen molar-refractivity contribution in [3.63, 3.8) is 0 Å². The van der Waals surface area contributed by atoms with Crippen LogP contribution in [0.3, 0.4) is 0 Å². The van der Waals surface area contributed by atoms with E-state index in [0.29, 0.717) is 5.75 Å². The van der Waals surface area contributed by atoms with Gasteiger partial charge in [-0.3, -0.25) is 4.79 Å². The fourth-order valence-electron chi connectivity index (χ4n) is 1.11. The molecule has 0 radical (unpaired) electrons. The molecule has 0 heterocycles. The van der Waals surface area contributed by atoms with E-state index in [9.17, 15) is 9.90 Å². The van der Waals surface area contributed by atoms with E-state index in [0.717, 1.165) is 10.2 Å². The van der Waals surface area contributed by atoms with Crippen molar-refractivity contribution in [1.29, 1.82) is 0 Å². The highest BCUT2D eigenvalue weighted by Crippen LogP contribution is 2.17. The first kappa shape index (κ1) is 14.5. The second kappa shape index (κ2) is 7.03. The van der Waals surface area contributed by atoms with Crippen molar-refractivity contribution in [3.05, 3.63) is 28.7 Å². The van der Waals surface area contributed by atoms with Gasteiger partial charge < -0.3 is 10.4 Å². The van der Waals surface area contributed by atoms with E-state index in [2.05, 4.69) is 21.2 Å². The predicted octanol–water partition coefficient (Wildman–Crippen LogP) is 2.89. The summed E-state index contributed by atoms with van der Waals surface area (Å²) in [5.41, 5.74) is 0.773. The minimum Gasteiger partial charge on any atom is -0.392 e. The van der Waals surface area contributed by atoms with Gasteiger partial charge in [0.1, 0.15) is 0 Å². The molecule has 1 aromatic carbocycles. The Bertz CT molecular complexity index is 385. The molecule has 0 spiro atoms. The van der Waals surface area contributed by atoms with Crippen LogP contribution < -0.4 is 5.32 Å². The van der Waals surface area contributed by atoms with Crippen LogP contribution in [0.1, 0.15) is 13.8 Å². The third-order valence-corrected chi connectivity index (χ3v) is 4.11. The molecule has 3 nitrogen and oxygen atoms in total. The summed E-state index contributed by atoms with van der Waals surface area (Å²) in [6, 6.07) is 7.46. The lowest BCUT2D eigenvalue weighted by atomic mass is 10.3. The first-order valence-corrected chi connectivity index (χ1v) is 7.18.